The van der Waals surface area contributed by atoms with Crippen molar-refractivity contribution >= 4 is 10.9 Å². The molecular weight excluding hydrogens is 184 g/mol. The summed E-state index contributed by atoms with van der Waals surface area (Å²) < 4.78 is 0. The summed E-state index contributed by atoms with van der Waals surface area (Å²) in [5.41, 5.74) is 6.20. The van der Waals surface area contributed by atoms with Crippen molar-refractivity contribution in [1.29, 1.82) is 0 Å². The maximum absolute atomic E-state index is 5.14. The van der Waals surface area contributed by atoms with Crippen LogP contribution in [-0.2, 0) is 0 Å². The van der Waals surface area contributed by atoms with Crippen LogP contribution in [0.3, 0.4) is 0 Å². The molecule has 0 fully saturated rings. The molecule has 0 amide bonds. The number of unbranched alkanes of at least 4 members (excludes halogenated alkanes) is 1. The van der Waals surface area contributed by atoms with Gasteiger partial charge in [-0.1, -0.05) is 37.6 Å². The normalized spacial score (nSPS) is 9.47. The van der Waals surface area contributed by atoms with E-state index in [1.165, 1.54) is 18.2 Å². The van der Waals surface area contributed by atoms with Gasteiger partial charge in [-0.05, 0) is 25.1 Å². The number of nitrogens with two attached hydrogens (primary N) is 1. The summed E-state index contributed by atoms with van der Waals surface area (Å²) in [7, 11) is 0. The van der Waals surface area contributed by atoms with Gasteiger partial charge in [0.05, 0.1) is 5.52 Å². The molecule has 0 aliphatic carbocycles. The van der Waals surface area contributed by atoms with Crippen molar-refractivity contribution in [2.24, 2.45) is 5.73 Å². The standard InChI is InChI=1S/C9H7N.C4H11N/c1-2-6-9-8(4-1)5-3-7-10-9;1-2-3-4-5/h1-7H;2-5H2,1H3. The summed E-state index contributed by atoms with van der Waals surface area (Å²) in [6, 6.07) is 12.1. The second-order valence-corrected chi connectivity index (χ2v) is 3.34. The Labute approximate surface area is 91.1 Å². The predicted molar refractivity (Wildman–Crippen MR) is 65.7 cm³/mol. The summed E-state index contributed by atoms with van der Waals surface area (Å²) in [5, 5.41) is 1.20. The Balaban J connectivity index is 0.000000195. The molecule has 0 aliphatic rings. The highest BCUT2D eigenvalue weighted by Gasteiger charge is 1.86. The number of fused-ring (bicyclic) bond motifs is 1. The summed E-state index contributed by atoms with van der Waals surface area (Å²) in [4.78, 5) is 4.18. The third kappa shape index (κ3) is 4.09. The van der Waals surface area contributed by atoms with E-state index in [1.54, 1.807) is 0 Å². The first-order valence-electron chi connectivity index (χ1n) is 5.38. The Morgan fingerprint density at radius 2 is 1.87 bits per heavy atom. The van der Waals surface area contributed by atoms with Gasteiger partial charge in [-0.15, -0.1) is 0 Å². The van der Waals surface area contributed by atoms with E-state index in [1.807, 2.05) is 30.5 Å². The Morgan fingerprint density at radius 3 is 2.47 bits per heavy atom. The van der Waals surface area contributed by atoms with E-state index < -0.39 is 0 Å². The molecule has 15 heavy (non-hydrogen) atoms. The van der Waals surface area contributed by atoms with E-state index in [4.69, 9.17) is 5.73 Å². The van der Waals surface area contributed by atoms with Crippen molar-refractivity contribution in [2.45, 2.75) is 19.8 Å². The maximum Gasteiger partial charge on any atom is 0.0701 e. The van der Waals surface area contributed by atoms with Crippen LogP contribution in [0.4, 0.5) is 0 Å². The van der Waals surface area contributed by atoms with Crippen LogP contribution in [-0.4, -0.2) is 11.5 Å². The average Bonchev–Trinajstić information content (AvgIpc) is 2.31. The highest BCUT2D eigenvalue weighted by atomic mass is 14.6. The van der Waals surface area contributed by atoms with Gasteiger partial charge < -0.3 is 5.73 Å². The van der Waals surface area contributed by atoms with E-state index in [9.17, 15) is 0 Å². The fraction of sp³-hybridized carbons (Fsp3) is 0.308. The number of benzene rings is 1. The van der Waals surface area contributed by atoms with Gasteiger partial charge >= 0.3 is 0 Å². The molecule has 0 spiro atoms. The number of aromatic nitrogens is 1. The van der Waals surface area contributed by atoms with Crippen molar-refractivity contribution in [1.82, 2.24) is 4.98 Å². The van der Waals surface area contributed by atoms with Crippen molar-refractivity contribution in [3.63, 3.8) is 0 Å². The molecule has 0 aliphatic heterocycles. The monoisotopic (exact) mass is 202 g/mol. The summed E-state index contributed by atoms with van der Waals surface area (Å²) in [6.45, 7) is 2.98. The fourth-order valence-electron chi connectivity index (χ4n) is 1.22. The molecule has 80 valence electrons. The van der Waals surface area contributed by atoms with Crippen molar-refractivity contribution < 1.29 is 0 Å². The summed E-state index contributed by atoms with van der Waals surface area (Å²) in [6.07, 6.45) is 4.19. The molecule has 0 saturated heterocycles. The van der Waals surface area contributed by atoms with Crippen LogP contribution in [0, 0.1) is 0 Å². The Kier molecular flexibility index (Phi) is 5.41. The van der Waals surface area contributed by atoms with E-state index in [0.29, 0.717) is 0 Å². The lowest BCUT2D eigenvalue weighted by molar-refractivity contribution is 0.807. The number of rotatable bonds is 2. The van der Waals surface area contributed by atoms with Gasteiger partial charge in [-0.2, -0.15) is 0 Å². The smallest absolute Gasteiger partial charge is 0.0701 e. The third-order valence-corrected chi connectivity index (χ3v) is 2.07. The van der Waals surface area contributed by atoms with Gasteiger partial charge in [0, 0.05) is 11.6 Å². The minimum Gasteiger partial charge on any atom is -0.330 e. The van der Waals surface area contributed by atoms with Crippen molar-refractivity contribution in [3.8, 4) is 0 Å². The van der Waals surface area contributed by atoms with Gasteiger partial charge in [0.2, 0.25) is 0 Å². The number of hydrogen-bond donors (Lipinski definition) is 1. The van der Waals surface area contributed by atoms with Crippen LogP contribution < -0.4 is 5.73 Å². The Morgan fingerprint density at radius 1 is 1.13 bits per heavy atom. The van der Waals surface area contributed by atoms with Crippen LogP contribution in [0.5, 0.6) is 0 Å². The Bertz CT molecular complexity index is 317. The van der Waals surface area contributed by atoms with E-state index in [0.717, 1.165) is 12.1 Å². The lowest BCUT2D eigenvalue weighted by Crippen LogP contribution is -1.95. The zero-order chi connectivity index (χ0) is 10.9. The van der Waals surface area contributed by atoms with E-state index >= 15 is 0 Å². The van der Waals surface area contributed by atoms with Gasteiger partial charge in [-0.25, -0.2) is 0 Å². The van der Waals surface area contributed by atoms with E-state index in [-0.39, 0.29) is 0 Å². The largest absolute Gasteiger partial charge is 0.330 e. The number of para-hydroxylation sites is 1. The van der Waals surface area contributed by atoms with Crippen LogP contribution in [0.25, 0.3) is 10.9 Å². The molecule has 1 heterocycles. The highest BCUT2D eigenvalue weighted by Crippen LogP contribution is 2.07. The zero-order valence-corrected chi connectivity index (χ0v) is 9.19. The molecule has 1 aromatic carbocycles. The minimum absolute atomic E-state index is 0.844. The van der Waals surface area contributed by atoms with Gasteiger partial charge in [0.1, 0.15) is 0 Å². The number of hydrogen-bond acceptors (Lipinski definition) is 2. The molecule has 2 rings (SSSR count). The van der Waals surface area contributed by atoms with Gasteiger partial charge in [-0.3, -0.25) is 4.98 Å². The molecule has 0 saturated carbocycles. The lowest BCUT2D eigenvalue weighted by Gasteiger charge is -1.91. The zero-order valence-electron chi connectivity index (χ0n) is 9.19. The SMILES string of the molecule is CCCCN.c1ccc2ncccc2c1. The minimum atomic E-state index is 0.844. The van der Waals surface area contributed by atoms with Crippen LogP contribution in [0.1, 0.15) is 19.8 Å². The highest BCUT2D eigenvalue weighted by molar-refractivity contribution is 5.77. The fourth-order valence-corrected chi connectivity index (χ4v) is 1.22. The van der Waals surface area contributed by atoms with Crippen molar-refractivity contribution in [3.05, 3.63) is 42.6 Å². The molecule has 2 nitrogen and oxygen atoms in total. The molecule has 2 aromatic rings. The first-order valence-corrected chi connectivity index (χ1v) is 5.38. The van der Waals surface area contributed by atoms with Gasteiger partial charge in [0.25, 0.3) is 0 Å². The maximum atomic E-state index is 5.14. The Hall–Kier alpha value is -1.41. The molecular formula is C13H18N2. The van der Waals surface area contributed by atoms with Gasteiger partial charge in [0.15, 0.2) is 0 Å². The van der Waals surface area contributed by atoms with Crippen molar-refractivity contribution in [2.75, 3.05) is 6.54 Å². The quantitative estimate of drug-likeness (QED) is 0.813. The molecule has 0 atom stereocenters. The van der Waals surface area contributed by atoms with Crippen LogP contribution in [0.2, 0.25) is 0 Å². The number of pyridine rings is 1. The number of nitrogens with zero attached hydrogens (tertiary/aromatic N) is 1. The predicted octanol–water partition coefficient (Wildman–Crippen LogP) is 2.98. The average molecular weight is 202 g/mol. The molecule has 0 radical (unpaired) electrons. The second-order valence-electron chi connectivity index (χ2n) is 3.34. The first-order chi connectivity index (χ1) is 7.38. The summed E-state index contributed by atoms with van der Waals surface area (Å²) >= 11 is 0. The molecule has 2 N–H and O–H groups in total. The van der Waals surface area contributed by atoms with E-state index in [2.05, 4.69) is 24.0 Å². The second kappa shape index (κ2) is 6.96. The lowest BCUT2D eigenvalue weighted by atomic mass is 10.2. The molecule has 0 bridgehead atoms. The third-order valence-electron chi connectivity index (χ3n) is 2.07. The topological polar surface area (TPSA) is 38.9 Å². The van der Waals surface area contributed by atoms with Crippen LogP contribution >= 0.6 is 0 Å². The first kappa shape index (κ1) is 11.7. The molecule has 0 unspecified atom stereocenters. The summed E-state index contributed by atoms with van der Waals surface area (Å²) in [5.74, 6) is 0. The molecule has 1 aromatic heterocycles. The van der Waals surface area contributed by atoms with Crippen LogP contribution in [0.15, 0.2) is 42.6 Å². The molecule has 2 heteroatoms.